The first-order valence-corrected chi connectivity index (χ1v) is 8.89. The highest BCUT2D eigenvalue weighted by molar-refractivity contribution is 7.13. The number of nitrogens with zero attached hydrogens (tertiary/aromatic N) is 1. The first-order valence-electron chi connectivity index (χ1n) is 8.01. The Labute approximate surface area is 153 Å². The molecule has 0 saturated heterocycles. The summed E-state index contributed by atoms with van der Waals surface area (Å²) in [5.41, 5.74) is 2.84. The van der Waals surface area contributed by atoms with Gasteiger partial charge in [-0.25, -0.2) is 9.18 Å². The minimum atomic E-state index is -1.00. The van der Waals surface area contributed by atoms with Crippen LogP contribution in [-0.2, 0) is 13.0 Å². The van der Waals surface area contributed by atoms with Gasteiger partial charge in [-0.05, 0) is 30.0 Å². The number of aromatic carboxylic acids is 1. The van der Waals surface area contributed by atoms with Crippen molar-refractivity contribution in [2.24, 2.45) is 0 Å². The van der Waals surface area contributed by atoms with Gasteiger partial charge in [0.1, 0.15) is 5.69 Å². The topological polar surface area (TPSA) is 60.7 Å². The fraction of sp³-hybridized carbons (Fsp3) is 0.211. The number of carbonyl (C=O) groups is 1. The van der Waals surface area contributed by atoms with Gasteiger partial charge in [-0.15, -0.1) is 11.3 Å². The van der Waals surface area contributed by atoms with Crippen molar-refractivity contribution in [2.45, 2.75) is 13.0 Å². The van der Waals surface area contributed by atoms with Crippen molar-refractivity contribution < 1.29 is 23.8 Å². The Morgan fingerprint density at radius 1 is 1.27 bits per heavy atom. The van der Waals surface area contributed by atoms with Gasteiger partial charge < -0.3 is 19.1 Å². The summed E-state index contributed by atoms with van der Waals surface area (Å²) in [5.74, 6) is -1.10. The molecule has 3 heterocycles. The van der Waals surface area contributed by atoms with E-state index in [1.165, 1.54) is 25.6 Å². The van der Waals surface area contributed by atoms with Crippen LogP contribution in [0.1, 0.15) is 16.1 Å². The van der Waals surface area contributed by atoms with E-state index in [1.807, 2.05) is 17.5 Å². The number of carboxylic acid groups (broad SMARTS) is 1. The molecule has 5 nitrogen and oxygen atoms in total. The molecule has 7 heteroatoms. The van der Waals surface area contributed by atoms with Gasteiger partial charge in [0, 0.05) is 28.1 Å². The minimum absolute atomic E-state index is 0.0717. The second-order valence-electron chi connectivity index (χ2n) is 5.93. The SMILES string of the molecule is COc1cc2c(c(F)c1OC)CCn1c(C(=O)O)cc(-c3cccs3)c1-2. The lowest BCUT2D eigenvalue weighted by Crippen LogP contribution is -2.17. The normalized spacial score (nSPS) is 12.4. The number of hydrogen-bond donors (Lipinski definition) is 1. The lowest BCUT2D eigenvalue weighted by Gasteiger charge is -2.24. The van der Waals surface area contributed by atoms with E-state index in [1.54, 1.807) is 16.7 Å². The summed E-state index contributed by atoms with van der Waals surface area (Å²) in [5, 5.41) is 11.5. The van der Waals surface area contributed by atoms with Gasteiger partial charge in [0.2, 0.25) is 0 Å². The van der Waals surface area contributed by atoms with E-state index < -0.39 is 11.8 Å². The molecular formula is C19H16FNO4S. The number of ether oxygens (including phenoxy) is 2. The third-order valence-corrected chi connectivity index (χ3v) is 5.56. The van der Waals surface area contributed by atoms with Gasteiger partial charge in [-0.2, -0.15) is 0 Å². The van der Waals surface area contributed by atoms with Crippen molar-refractivity contribution in [3.63, 3.8) is 0 Å². The van der Waals surface area contributed by atoms with E-state index in [2.05, 4.69) is 0 Å². The van der Waals surface area contributed by atoms with Crippen molar-refractivity contribution in [3.05, 3.63) is 46.7 Å². The number of fused-ring (bicyclic) bond motifs is 3. The maximum Gasteiger partial charge on any atom is 0.352 e. The highest BCUT2D eigenvalue weighted by Crippen LogP contribution is 2.46. The standard InChI is InChI=1S/C19H16FNO4S/c1-24-14-9-11-10(16(20)18(14)25-2)5-6-21-13(19(22)23)8-12(17(11)21)15-4-3-7-26-15/h3-4,7-9H,5-6H2,1-2H3,(H,22,23). The quantitative estimate of drug-likeness (QED) is 0.741. The van der Waals surface area contributed by atoms with Crippen LogP contribution in [0.3, 0.4) is 0 Å². The number of benzene rings is 1. The largest absolute Gasteiger partial charge is 0.493 e. The number of thiophene rings is 1. The molecule has 0 saturated carbocycles. The van der Waals surface area contributed by atoms with Crippen molar-refractivity contribution in [1.29, 1.82) is 0 Å². The molecule has 1 aliphatic heterocycles. The Bertz CT molecular complexity index is 1010. The number of hydrogen-bond acceptors (Lipinski definition) is 4. The maximum atomic E-state index is 15.0. The predicted molar refractivity (Wildman–Crippen MR) is 96.9 cm³/mol. The molecule has 134 valence electrons. The van der Waals surface area contributed by atoms with Gasteiger partial charge >= 0.3 is 5.97 Å². The molecule has 0 amide bonds. The van der Waals surface area contributed by atoms with Crippen molar-refractivity contribution in [3.8, 4) is 33.2 Å². The van der Waals surface area contributed by atoms with Crippen molar-refractivity contribution >= 4 is 17.3 Å². The molecule has 26 heavy (non-hydrogen) atoms. The maximum absolute atomic E-state index is 15.0. The van der Waals surface area contributed by atoms with E-state index in [4.69, 9.17) is 9.47 Å². The fourth-order valence-electron chi connectivity index (χ4n) is 3.54. The third-order valence-electron chi connectivity index (χ3n) is 4.66. The first-order chi connectivity index (χ1) is 12.6. The average molecular weight is 373 g/mol. The number of methoxy groups -OCH3 is 2. The molecule has 2 aromatic heterocycles. The Kier molecular flexibility index (Phi) is 3.96. The number of halogens is 1. The first kappa shape index (κ1) is 16.7. The lowest BCUT2D eigenvalue weighted by molar-refractivity contribution is 0.0685. The molecule has 3 aromatic rings. The highest BCUT2D eigenvalue weighted by Gasteiger charge is 2.31. The molecule has 0 unspecified atom stereocenters. The molecule has 0 spiro atoms. The van der Waals surface area contributed by atoms with E-state index in [0.29, 0.717) is 29.8 Å². The molecule has 0 aliphatic carbocycles. The van der Waals surface area contributed by atoms with E-state index >= 15 is 4.39 Å². The monoisotopic (exact) mass is 373 g/mol. The van der Waals surface area contributed by atoms with Gasteiger partial charge in [0.05, 0.1) is 19.9 Å². The zero-order valence-electron chi connectivity index (χ0n) is 14.2. The summed E-state index contributed by atoms with van der Waals surface area (Å²) >= 11 is 1.51. The molecule has 4 rings (SSSR count). The Hall–Kier alpha value is -2.80. The molecule has 0 bridgehead atoms. The van der Waals surface area contributed by atoms with Crippen molar-refractivity contribution in [1.82, 2.24) is 4.57 Å². The molecular weight excluding hydrogens is 357 g/mol. The van der Waals surface area contributed by atoms with Crippen LogP contribution in [0.5, 0.6) is 11.5 Å². The third kappa shape index (κ3) is 2.31. The molecule has 1 aliphatic rings. The van der Waals surface area contributed by atoms with E-state index in [0.717, 1.165) is 10.4 Å². The second kappa shape index (κ2) is 6.17. The lowest BCUT2D eigenvalue weighted by atomic mass is 9.94. The predicted octanol–water partition coefficient (Wildman–Crippen LogP) is 4.29. The van der Waals surface area contributed by atoms with Crippen LogP contribution in [0.15, 0.2) is 29.6 Å². The Balaban J connectivity index is 2.06. The summed E-state index contributed by atoms with van der Waals surface area (Å²) in [7, 11) is 2.85. The molecule has 0 atom stereocenters. The van der Waals surface area contributed by atoms with Crippen molar-refractivity contribution in [2.75, 3.05) is 14.2 Å². The summed E-state index contributed by atoms with van der Waals surface area (Å²) < 4.78 is 27.2. The smallest absolute Gasteiger partial charge is 0.352 e. The fourth-order valence-corrected chi connectivity index (χ4v) is 4.28. The Morgan fingerprint density at radius 2 is 2.08 bits per heavy atom. The van der Waals surface area contributed by atoms with Gasteiger partial charge in [0.25, 0.3) is 0 Å². The molecule has 0 fully saturated rings. The zero-order chi connectivity index (χ0) is 18.4. The molecule has 0 radical (unpaired) electrons. The summed E-state index contributed by atoms with van der Waals surface area (Å²) in [6, 6.07) is 7.22. The van der Waals surface area contributed by atoms with Gasteiger partial charge in [-0.1, -0.05) is 6.07 Å². The Morgan fingerprint density at radius 3 is 2.69 bits per heavy atom. The van der Waals surface area contributed by atoms with Crippen LogP contribution in [-0.4, -0.2) is 29.9 Å². The number of rotatable bonds is 4. The summed E-state index contributed by atoms with van der Waals surface area (Å²) in [6.07, 6.45) is 0.382. The molecule has 1 N–H and O–H groups in total. The zero-order valence-corrected chi connectivity index (χ0v) is 15.0. The summed E-state index contributed by atoms with van der Waals surface area (Å²) in [6.45, 7) is 0.391. The van der Waals surface area contributed by atoms with Crippen LogP contribution in [0.4, 0.5) is 4.39 Å². The van der Waals surface area contributed by atoms with E-state index in [-0.39, 0.29) is 17.2 Å². The number of carboxylic acids is 1. The second-order valence-corrected chi connectivity index (χ2v) is 6.88. The summed E-state index contributed by atoms with van der Waals surface area (Å²) in [4.78, 5) is 12.7. The van der Waals surface area contributed by atoms with Crippen LogP contribution < -0.4 is 9.47 Å². The van der Waals surface area contributed by atoms with E-state index in [9.17, 15) is 9.90 Å². The highest BCUT2D eigenvalue weighted by atomic mass is 32.1. The van der Waals surface area contributed by atoms with Crippen LogP contribution >= 0.6 is 11.3 Å². The number of aromatic nitrogens is 1. The van der Waals surface area contributed by atoms with Crippen LogP contribution in [0.25, 0.3) is 21.7 Å². The molecule has 1 aromatic carbocycles. The minimum Gasteiger partial charge on any atom is -0.493 e. The van der Waals surface area contributed by atoms with Crippen LogP contribution in [0.2, 0.25) is 0 Å². The average Bonchev–Trinajstić information content (AvgIpc) is 3.28. The van der Waals surface area contributed by atoms with Crippen LogP contribution in [0, 0.1) is 5.82 Å². The van der Waals surface area contributed by atoms with Gasteiger partial charge in [0.15, 0.2) is 17.3 Å². The van der Waals surface area contributed by atoms with Gasteiger partial charge in [-0.3, -0.25) is 0 Å².